The van der Waals surface area contributed by atoms with E-state index < -0.39 is 12.1 Å². The van der Waals surface area contributed by atoms with E-state index in [1.165, 1.54) is 0 Å². The molecule has 12 heteroatoms. The molecule has 2 aromatic rings. The molecule has 1 aliphatic heterocycles. The van der Waals surface area contributed by atoms with E-state index >= 15 is 0 Å². The Morgan fingerprint density at radius 1 is 1.30 bits per heavy atom. The standard InChI is InChI=1S/C19H22N4O3.C2HF3O2/c24-19(14-4-1-2-5-14)23-9-11-25-13-16(23)18-20-8-7-17(22-18)21-12-15-6-3-10-26-15;3-2(4,5)1(6)7/h3-4,6-8,10,16H,1-2,5,9,11-13H2,(H,20,21,22);(H,6,7). The average molecular weight is 468 g/mol. The minimum atomic E-state index is -5.08. The Morgan fingerprint density at radius 2 is 2.09 bits per heavy atom. The molecule has 33 heavy (non-hydrogen) atoms. The Bertz CT molecular complexity index is 979. The number of carboxylic acid groups (broad SMARTS) is 1. The smallest absolute Gasteiger partial charge is 0.475 e. The van der Waals surface area contributed by atoms with Gasteiger partial charge in [-0.3, -0.25) is 4.79 Å². The number of aliphatic carboxylic acids is 1. The highest BCUT2D eigenvalue weighted by Crippen LogP contribution is 2.27. The highest BCUT2D eigenvalue weighted by atomic mass is 19.4. The molecule has 0 spiro atoms. The molecule has 1 saturated heterocycles. The third kappa shape index (κ3) is 6.78. The number of nitrogens with zero attached hydrogens (tertiary/aromatic N) is 3. The van der Waals surface area contributed by atoms with Crippen LogP contribution in [0.3, 0.4) is 0 Å². The van der Waals surface area contributed by atoms with Gasteiger partial charge in [0.1, 0.15) is 17.6 Å². The lowest BCUT2D eigenvalue weighted by atomic mass is 10.1. The van der Waals surface area contributed by atoms with Gasteiger partial charge in [-0.2, -0.15) is 13.2 Å². The summed E-state index contributed by atoms with van der Waals surface area (Å²) in [7, 11) is 0. The molecule has 4 rings (SSSR count). The predicted molar refractivity (Wildman–Crippen MR) is 109 cm³/mol. The molecule has 178 valence electrons. The van der Waals surface area contributed by atoms with Crippen molar-refractivity contribution < 1.29 is 37.0 Å². The zero-order valence-corrected chi connectivity index (χ0v) is 17.5. The highest BCUT2D eigenvalue weighted by Gasteiger charge is 2.38. The van der Waals surface area contributed by atoms with E-state index in [2.05, 4.69) is 21.4 Å². The Balaban J connectivity index is 0.000000383. The van der Waals surface area contributed by atoms with Gasteiger partial charge in [0.25, 0.3) is 0 Å². The summed E-state index contributed by atoms with van der Waals surface area (Å²) in [5.74, 6) is -0.539. The second kappa shape index (κ2) is 10.9. The maximum atomic E-state index is 12.9. The van der Waals surface area contributed by atoms with Gasteiger partial charge in [0.05, 0.1) is 26.0 Å². The SMILES string of the molecule is O=C(C1=CCCC1)N1CCOCC1c1nccc(NCc2ccco2)n1.O=C(O)C(F)(F)F. The molecule has 1 amide bonds. The van der Waals surface area contributed by atoms with Crippen molar-refractivity contribution in [3.05, 3.63) is 53.9 Å². The normalized spacial score (nSPS) is 18.2. The van der Waals surface area contributed by atoms with Crippen molar-refractivity contribution in [1.29, 1.82) is 0 Å². The average Bonchev–Trinajstić information content (AvgIpc) is 3.52. The van der Waals surface area contributed by atoms with E-state index in [-0.39, 0.29) is 11.9 Å². The van der Waals surface area contributed by atoms with Crippen molar-refractivity contribution in [2.24, 2.45) is 0 Å². The lowest BCUT2D eigenvalue weighted by molar-refractivity contribution is -0.192. The number of aromatic nitrogens is 2. The summed E-state index contributed by atoms with van der Waals surface area (Å²) < 4.78 is 42.7. The Hall–Kier alpha value is -3.41. The van der Waals surface area contributed by atoms with Gasteiger partial charge in [-0.05, 0) is 37.5 Å². The number of amides is 1. The molecule has 0 radical (unpaired) electrons. The Labute approximate surface area is 187 Å². The number of furan rings is 1. The summed E-state index contributed by atoms with van der Waals surface area (Å²) in [5.41, 5.74) is 0.906. The first-order valence-electron chi connectivity index (χ1n) is 10.2. The summed E-state index contributed by atoms with van der Waals surface area (Å²) in [6.45, 7) is 2.07. The quantitative estimate of drug-likeness (QED) is 0.686. The number of allylic oxidation sites excluding steroid dienone is 1. The maximum Gasteiger partial charge on any atom is 0.490 e. The van der Waals surface area contributed by atoms with Crippen molar-refractivity contribution in [3.8, 4) is 0 Å². The first kappa shape index (κ1) is 24.2. The van der Waals surface area contributed by atoms with Gasteiger partial charge in [-0.1, -0.05) is 6.08 Å². The molecular formula is C21H23F3N4O5. The third-order valence-corrected chi connectivity index (χ3v) is 4.94. The molecule has 3 heterocycles. The molecule has 1 fully saturated rings. The van der Waals surface area contributed by atoms with Crippen LogP contribution in [-0.2, 0) is 20.9 Å². The number of rotatable bonds is 5. The topological polar surface area (TPSA) is 118 Å². The highest BCUT2D eigenvalue weighted by molar-refractivity contribution is 5.94. The number of halogens is 3. The number of hydrogen-bond donors (Lipinski definition) is 2. The third-order valence-electron chi connectivity index (χ3n) is 4.94. The molecule has 0 aromatic carbocycles. The van der Waals surface area contributed by atoms with Gasteiger partial charge < -0.3 is 24.5 Å². The summed E-state index contributed by atoms with van der Waals surface area (Å²) in [6, 6.07) is 5.30. The van der Waals surface area contributed by atoms with Crippen LogP contribution in [-0.4, -0.2) is 57.8 Å². The number of anilines is 1. The Morgan fingerprint density at radius 3 is 2.73 bits per heavy atom. The number of carboxylic acids is 1. The summed E-state index contributed by atoms with van der Waals surface area (Å²) in [6.07, 6.45) is 3.21. The monoisotopic (exact) mass is 468 g/mol. The maximum absolute atomic E-state index is 12.9. The number of ether oxygens (including phenoxy) is 1. The van der Waals surface area contributed by atoms with Crippen LogP contribution in [0.15, 0.2) is 46.7 Å². The number of alkyl halides is 3. The second-order valence-electron chi connectivity index (χ2n) is 7.25. The molecule has 9 nitrogen and oxygen atoms in total. The number of morpholine rings is 1. The van der Waals surface area contributed by atoms with Gasteiger partial charge in [-0.25, -0.2) is 14.8 Å². The second-order valence-corrected chi connectivity index (χ2v) is 7.25. The van der Waals surface area contributed by atoms with E-state index in [1.807, 2.05) is 23.1 Å². The van der Waals surface area contributed by atoms with E-state index in [0.29, 0.717) is 37.9 Å². The fourth-order valence-corrected chi connectivity index (χ4v) is 3.33. The van der Waals surface area contributed by atoms with Crippen LogP contribution in [0.25, 0.3) is 0 Å². The first-order valence-corrected chi connectivity index (χ1v) is 10.2. The molecule has 0 bridgehead atoms. The van der Waals surface area contributed by atoms with Crippen LogP contribution in [0.5, 0.6) is 0 Å². The van der Waals surface area contributed by atoms with Crippen molar-refractivity contribution in [2.45, 2.75) is 38.0 Å². The van der Waals surface area contributed by atoms with Gasteiger partial charge in [0.15, 0.2) is 5.82 Å². The minimum Gasteiger partial charge on any atom is -0.475 e. The fraction of sp³-hybridized carbons (Fsp3) is 0.429. The predicted octanol–water partition coefficient (Wildman–Crippen LogP) is 3.33. The molecular weight excluding hydrogens is 445 g/mol. The summed E-state index contributed by atoms with van der Waals surface area (Å²) in [4.78, 5) is 32.6. The van der Waals surface area contributed by atoms with Crippen LogP contribution in [0, 0.1) is 0 Å². The van der Waals surface area contributed by atoms with E-state index in [1.54, 1.807) is 12.5 Å². The molecule has 2 aromatic heterocycles. The van der Waals surface area contributed by atoms with Crippen LogP contribution in [0.4, 0.5) is 19.0 Å². The summed E-state index contributed by atoms with van der Waals surface area (Å²) in [5, 5.41) is 10.4. The number of nitrogens with one attached hydrogen (secondary N) is 1. The lowest BCUT2D eigenvalue weighted by Gasteiger charge is -2.35. The summed E-state index contributed by atoms with van der Waals surface area (Å²) >= 11 is 0. The van der Waals surface area contributed by atoms with Crippen LogP contribution in [0.1, 0.15) is 36.9 Å². The zero-order valence-electron chi connectivity index (χ0n) is 17.5. The van der Waals surface area contributed by atoms with E-state index in [4.69, 9.17) is 19.1 Å². The fourth-order valence-electron chi connectivity index (χ4n) is 3.33. The van der Waals surface area contributed by atoms with E-state index in [9.17, 15) is 18.0 Å². The number of carbonyl (C=O) groups excluding carboxylic acids is 1. The van der Waals surface area contributed by atoms with Crippen molar-refractivity contribution in [1.82, 2.24) is 14.9 Å². The number of hydrogen-bond acceptors (Lipinski definition) is 7. The molecule has 1 atom stereocenters. The lowest BCUT2D eigenvalue weighted by Crippen LogP contribution is -2.44. The first-order chi connectivity index (χ1) is 15.8. The van der Waals surface area contributed by atoms with Crippen molar-refractivity contribution >= 4 is 17.7 Å². The van der Waals surface area contributed by atoms with Crippen LogP contribution >= 0.6 is 0 Å². The van der Waals surface area contributed by atoms with E-state index in [0.717, 1.165) is 30.6 Å². The van der Waals surface area contributed by atoms with Crippen LogP contribution < -0.4 is 5.32 Å². The molecule has 1 aliphatic carbocycles. The zero-order chi connectivity index (χ0) is 23.8. The minimum absolute atomic E-state index is 0.0911. The largest absolute Gasteiger partial charge is 0.490 e. The molecule has 2 N–H and O–H groups in total. The van der Waals surface area contributed by atoms with Crippen LogP contribution in [0.2, 0.25) is 0 Å². The molecule has 2 aliphatic rings. The Kier molecular flexibility index (Phi) is 8.04. The van der Waals surface area contributed by atoms with Crippen molar-refractivity contribution in [2.75, 3.05) is 25.1 Å². The molecule has 0 saturated carbocycles. The van der Waals surface area contributed by atoms with Gasteiger partial charge in [0.2, 0.25) is 5.91 Å². The molecule has 1 unspecified atom stereocenters. The van der Waals surface area contributed by atoms with Gasteiger partial charge >= 0.3 is 12.1 Å². The number of carbonyl (C=O) groups is 2. The van der Waals surface area contributed by atoms with Gasteiger partial charge in [0, 0.05) is 18.3 Å². The van der Waals surface area contributed by atoms with Gasteiger partial charge in [-0.15, -0.1) is 0 Å². The van der Waals surface area contributed by atoms with Crippen molar-refractivity contribution in [3.63, 3.8) is 0 Å².